The SMILES string of the molecule is Cc1cnccc1-c1noc(-c2cn(C3CNC3)nn2)n1. The molecule has 21 heavy (non-hydrogen) atoms. The average molecular weight is 283 g/mol. The monoisotopic (exact) mass is 283 g/mol. The number of aryl methyl sites for hydroxylation is 1. The van der Waals surface area contributed by atoms with Crippen molar-refractivity contribution in [1.29, 1.82) is 0 Å². The van der Waals surface area contributed by atoms with Crippen molar-refractivity contribution in [3.8, 4) is 23.0 Å². The second kappa shape index (κ2) is 4.74. The Bertz CT molecular complexity index is 774. The minimum atomic E-state index is 0.357. The molecule has 0 amide bonds. The highest BCUT2D eigenvalue weighted by atomic mass is 16.5. The van der Waals surface area contributed by atoms with E-state index in [0.717, 1.165) is 24.2 Å². The third kappa shape index (κ3) is 2.09. The summed E-state index contributed by atoms with van der Waals surface area (Å²) in [6.07, 6.45) is 5.31. The highest BCUT2D eigenvalue weighted by molar-refractivity contribution is 5.60. The molecule has 0 aromatic carbocycles. The number of hydrogen-bond acceptors (Lipinski definition) is 7. The summed E-state index contributed by atoms with van der Waals surface area (Å²) >= 11 is 0. The number of nitrogens with zero attached hydrogens (tertiary/aromatic N) is 6. The van der Waals surface area contributed by atoms with Crippen molar-refractivity contribution >= 4 is 0 Å². The zero-order chi connectivity index (χ0) is 14.2. The molecule has 0 saturated carbocycles. The smallest absolute Gasteiger partial charge is 0.280 e. The van der Waals surface area contributed by atoms with Crippen LogP contribution in [-0.4, -0.2) is 43.2 Å². The van der Waals surface area contributed by atoms with E-state index >= 15 is 0 Å². The normalized spacial score (nSPS) is 15.1. The predicted octanol–water partition coefficient (Wildman–Crippen LogP) is 0.843. The molecule has 1 aliphatic rings. The van der Waals surface area contributed by atoms with Crippen molar-refractivity contribution in [3.05, 3.63) is 30.2 Å². The first-order valence-corrected chi connectivity index (χ1v) is 6.69. The van der Waals surface area contributed by atoms with Crippen LogP contribution in [0.4, 0.5) is 0 Å². The van der Waals surface area contributed by atoms with Crippen LogP contribution in [0.3, 0.4) is 0 Å². The fourth-order valence-corrected chi connectivity index (χ4v) is 2.17. The van der Waals surface area contributed by atoms with Gasteiger partial charge in [-0.15, -0.1) is 5.10 Å². The highest BCUT2D eigenvalue weighted by Crippen LogP contribution is 2.23. The molecule has 0 atom stereocenters. The van der Waals surface area contributed by atoms with Crippen LogP contribution in [0.2, 0.25) is 0 Å². The summed E-state index contributed by atoms with van der Waals surface area (Å²) in [4.78, 5) is 8.45. The zero-order valence-electron chi connectivity index (χ0n) is 11.4. The van der Waals surface area contributed by atoms with Gasteiger partial charge in [0.1, 0.15) is 0 Å². The lowest BCUT2D eigenvalue weighted by molar-refractivity contribution is 0.313. The molecule has 0 aliphatic carbocycles. The van der Waals surface area contributed by atoms with Crippen molar-refractivity contribution in [3.63, 3.8) is 0 Å². The maximum absolute atomic E-state index is 5.29. The molecule has 1 N–H and O–H groups in total. The van der Waals surface area contributed by atoms with E-state index in [9.17, 15) is 0 Å². The van der Waals surface area contributed by atoms with Gasteiger partial charge in [0, 0.05) is 31.0 Å². The van der Waals surface area contributed by atoms with E-state index in [1.54, 1.807) is 12.4 Å². The number of aromatic nitrogens is 6. The van der Waals surface area contributed by atoms with Crippen molar-refractivity contribution < 1.29 is 4.52 Å². The van der Waals surface area contributed by atoms with Gasteiger partial charge in [-0.3, -0.25) is 4.98 Å². The van der Waals surface area contributed by atoms with E-state index in [-0.39, 0.29) is 0 Å². The van der Waals surface area contributed by atoms with Gasteiger partial charge in [-0.2, -0.15) is 4.98 Å². The van der Waals surface area contributed by atoms with Gasteiger partial charge < -0.3 is 9.84 Å². The van der Waals surface area contributed by atoms with Crippen molar-refractivity contribution in [1.82, 2.24) is 35.4 Å². The summed E-state index contributed by atoms with van der Waals surface area (Å²) in [6.45, 7) is 3.78. The summed E-state index contributed by atoms with van der Waals surface area (Å²) in [5, 5.41) is 15.4. The molecule has 0 radical (unpaired) electrons. The molecule has 0 bridgehead atoms. The first kappa shape index (κ1) is 12.2. The van der Waals surface area contributed by atoms with Crippen LogP contribution in [0.15, 0.2) is 29.2 Å². The lowest BCUT2D eigenvalue weighted by Gasteiger charge is -2.26. The molecule has 0 spiro atoms. The lowest BCUT2D eigenvalue weighted by atomic mass is 10.1. The molecule has 4 rings (SSSR count). The third-order valence-corrected chi connectivity index (χ3v) is 3.55. The van der Waals surface area contributed by atoms with E-state index < -0.39 is 0 Å². The van der Waals surface area contributed by atoms with Gasteiger partial charge in [0.05, 0.1) is 12.2 Å². The molecule has 3 aromatic heterocycles. The van der Waals surface area contributed by atoms with E-state index in [1.807, 2.05) is 23.9 Å². The van der Waals surface area contributed by atoms with E-state index in [0.29, 0.717) is 23.5 Å². The van der Waals surface area contributed by atoms with E-state index in [2.05, 4.69) is 30.8 Å². The highest BCUT2D eigenvalue weighted by Gasteiger charge is 2.22. The Balaban J connectivity index is 1.65. The first-order valence-electron chi connectivity index (χ1n) is 6.69. The van der Waals surface area contributed by atoms with Gasteiger partial charge in [0.15, 0.2) is 5.69 Å². The second-order valence-corrected chi connectivity index (χ2v) is 5.01. The molecule has 3 aromatic rings. The Morgan fingerprint density at radius 2 is 2.29 bits per heavy atom. The topological polar surface area (TPSA) is 94.6 Å². The van der Waals surface area contributed by atoms with Crippen molar-refractivity contribution in [2.24, 2.45) is 0 Å². The number of rotatable bonds is 3. The minimum absolute atomic E-state index is 0.357. The van der Waals surface area contributed by atoms with Crippen molar-refractivity contribution in [2.45, 2.75) is 13.0 Å². The average Bonchev–Trinajstić information content (AvgIpc) is 3.06. The molecular formula is C13H13N7O. The standard InChI is InChI=1S/C13H13N7O/c1-8-4-14-3-2-10(8)12-16-13(21-18-12)11-7-20(19-17-11)9-5-15-6-9/h2-4,7,9,15H,5-6H2,1H3. The van der Waals surface area contributed by atoms with Crippen LogP contribution in [-0.2, 0) is 0 Å². The molecule has 4 heterocycles. The summed E-state index contributed by atoms with van der Waals surface area (Å²) in [5.41, 5.74) is 2.48. The molecule has 0 unspecified atom stereocenters. The Morgan fingerprint density at radius 3 is 3.05 bits per heavy atom. The molecule has 106 valence electrons. The fourth-order valence-electron chi connectivity index (χ4n) is 2.17. The number of nitrogens with one attached hydrogen (secondary N) is 1. The summed E-state index contributed by atoms with van der Waals surface area (Å²) in [5.74, 6) is 0.907. The zero-order valence-corrected chi connectivity index (χ0v) is 11.4. The summed E-state index contributed by atoms with van der Waals surface area (Å²) < 4.78 is 7.12. The molecular weight excluding hydrogens is 270 g/mol. The molecule has 8 nitrogen and oxygen atoms in total. The van der Waals surface area contributed by atoms with Gasteiger partial charge in [-0.1, -0.05) is 10.4 Å². The molecule has 1 fully saturated rings. The third-order valence-electron chi connectivity index (χ3n) is 3.55. The summed E-state index contributed by atoms with van der Waals surface area (Å²) in [6, 6.07) is 2.22. The van der Waals surface area contributed by atoms with Crippen LogP contribution < -0.4 is 5.32 Å². The quantitative estimate of drug-likeness (QED) is 0.761. The van der Waals surface area contributed by atoms with Gasteiger partial charge in [0.2, 0.25) is 5.82 Å². The van der Waals surface area contributed by atoms with E-state index in [1.165, 1.54) is 0 Å². The van der Waals surface area contributed by atoms with Crippen LogP contribution in [0.25, 0.3) is 23.0 Å². The van der Waals surface area contributed by atoms with Crippen LogP contribution in [0, 0.1) is 6.92 Å². The Kier molecular flexibility index (Phi) is 2.74. The number of hydrogen-bond donors (Lipinski definition) is 1. The van der Waals surface area contributed by atoms with Gasteiger partial charge in [-0.05, 0) is 18.6 Å². The maximum atomic E-state index is 5.29. The fraction of sp³-hybridized carbons (Fsp3) is 0.308. The lowest BCUT2D eigenvalue weighted by Crippen LogP contribution is -2.43. The molecule has 1 saturated heterocycles. The van der Waals surface area contributed by atoms with Gasteiger partial charge in [0.25, 0.3) is 5.89 Å². The Morgan fingerprint density at radius 1 is 1.38 bits per heavy atom. The summed E-state index contributed by atoms with van der Waals surface area (Å²) in [7, 11) is 0. The van der Waals surface area contributed by atoms with Crippen molar-refractivity contribution in [2.75, 3.05) is 13.1 Å². The van der Waals surface area contributed by atoms with Crippen LogP contribution in [0.5, 0.6) is 0 Å². The van der Waals surface area contributed by atoms with E-state index in [4.69, 9.17) is 4.52 Å². The Hall–Kier alpha value is -2.61. The minimum Gasteiger partial charge on any atom is -0.332 e. The van der Waals surface area contributed by atoms with Crippen LogP contribution in [0.1, 0.15) is 11.6 Å². The van der Waals surface area contributed by atoms with Crippen LogP contribution >= 0.6 is 0 Å². The maximum Gasteiger partial charge on any atom is 0.280 e. The van der Waals surface area contributed by atoms with Gasteiger partial charge >= 0.3 is 0 Å². The molecule has 1 aliphatic heterocycles. The predicted molar refractivity (Wildman–Crippen MR) is 73.2 cm³/mol. The number of pyridine rings is 1. The largest absolute Gasteiger partial charge is 0.332 e. The van der Waals surface area contributed by atoms with Gasteiger partial charge in [-0.25, -0.2) is 4.68 Å². The molecule has 8 heteroatoms. The first-order chi connectivity index (χ1) is 10.3. The second-order valence-electron chi connectivity index (χ2n) is 5.01. The Labute approximate surface area is 120 Å².